The van der Waals surface area contributed by atoms with Crippen LogP contribution >= 0.6 is 0 Å². The minimum Gasteiger partial charge on any atom is -0.494 e. The number of allylic oxidation sites excluding steroid dienone is 1. The number of methoxy groups -OCH3 is 1. The SMILES string of the molecule is C#CCCCOC(=O)c1c(C)[nH]c(/C=C2\N=C(c3ccc[nH]3)C=C2OC)c1C. The highest BCUT2D eigenvalue weighted by atomic mass is 16.5. The Balaban J connectivity index is 1.86. The van der Waals surface area contributed by atoms with Gasteiger partial charge in [-0.25, -0.2) is 9.79 Å². The van der Waals surface area contributed by atoms with Gasteiger partial charge in [-0.2, -0.15) is 0 Å². The van der Waals surface area contributed by atoms with E-state index in [-0.39, 0.29) is 5.97 Å². The number of esters is 1. The van der Waals surface area contributed by atoms with E-state index >= 15 is 0 Å². The van der Waals surface area contributed by atoms with Gasteiger partial charge in [0.2, 0.25) is 0 Å². The number of aliphatic imine (C=N–C) groups is 1. The van der Waals surface area contributed by atoms with Crippen molar-refractivity contribution in [2.75, 3.05) is 13.7 Å². The van der Waals surface area contributed by atoms with Crippen molar-refractivity contribution in [1.29, 1.82) is 0 Å². The second-order valence-corrected chi connectivity index (χ2v) is 6.43. The number of aryl methyl sites for hydroxylation is 1. The van der Waals surface area contributed by atoms with Crippen LogP contribution in [0.3, 0.4) is 0 Å². The summed E-state index contributed by atoms with van der Waals surface area (Å²) in [5.41, 5.74) is 5.29. The highest BCUT2D eigenvalue weighted by Crippen LogP contribution is 2.27. The lowest BCUT2D eigenvalue weighted by molar-refractivity contribution is 0.0500. The molecule has 144 valence electrons. The summed E-state index contributed by atoms with van der Waals surface area (Å²) >= 11 is 0. The lowest BCUT2D eigenvalue weighted by Crippen LogP contribution is -2.08. The fourth-order valence-electron chi connectivity index (χ4n) is 3.08. The summed E-state index contributed by atoms with van der Waals surface area (Å²) in [5, 5.41) is 0. The largest absolute Gasteiger partial charge is 0.494 e. The zero-order valence-electron chi connectivity index (χ0n) is 16.3. The molecule has 2 aromatic heterocycles. The van der Waals surface area contributed by atoms with Crippen LogP contribution < -0.4 is 0 Å². The van der Waals surface area contributed by atoms with Crippen LogP contribution in [0.25, 0.3) is 6.08 Å². The summed E-state index contributed by atoms with van der Waals surface area (Å²) in [6.45, 7) is 4.04. The third-order valence-corrected chi connectivity index (χ3v) is 4.51. The second-order valence-electron chi connectivity index (χ2n) is 6.43. The maximum Gasteiger partial charge on any atom is 0.340 e. The second kappa shape index (κ2) is 8.49. The molecule has 0 amide bonds. The first-order chi connectivity index (χ1) is 13.5. The van der Waals surface area contributed by atoms with Crippen LogP contribution in [0.1, 0.15) is 45.8 Å². The molecule has 6 nitrogen and oxygen atoms in total. The number of rotatable bonds is 7. The first-order valence-electron chi connectivity index (χ1n) is 9.05. The average molecular weight is 377 g/mol. The molecule has 0 fully saturated rings. The molecule has 3 rings (SSSR count). The molecule has 0 atom stereocenters. The highest BCUT2D eigenvalue weighted by molar-refractivity contribution is 6.11. The van der Waals surface area contributed by atoms with E-state index in [2.05, 4.69) is 20.9 Å². The first kappa shape index (κ1) is 19.3. The van der Waals surface area contributed by atoms with Gasteiger partial charge in [-0.15, -0.1) is 12.3 Å². The van der Waals surface area contributed by atoms with Crippen LogP contribution in [0, 0.1) is 26.2 Å². The predicted molar refractivity (Wildman–Crippen MR) is 109 cm³/mol. The minimum atomic E-state index is -0.350. The molecule has 0 bridgehead atoms. The molecule has 0 saturated carbocycles. The third kappa shape index (κ3) is 3.94. The fourth-order valence-corrected chi connectivity index (χ4v) is 3.08. The Morgan fingerprint density at radius 2 is 2.21 bits per heavy atom. The number of aromatic nitrogens is 2. The summed E-state index contributed by atoms with van der Waals surface area (Å²) in [7, 11) is 1.61. The molecule has 0 spiro atoms. The van der Waals surface area contributed by atoms with Gasteiger partial charge in [0.25, 0.3) is 0 Å². The summed E-state index contributed by atoms with van der Waals surface area (Å²) in [6.07, 6.45) is 12.1. The normalized spacial score (nSPS) is 14.6. The van der Waals surface area contributed by atoms with Gasteiger partial charge in [0.15, 0.2) is 0 Å². The van der Waals surface area contributed by atoms with E-state index in [1.807, 2.05) is 44.3 Å². The van der Waals surface area contributed by atoms with Crippen LogP contribution in [0.15, 0.2) is 40.9 Å². The van der Waals surface area contributed by atoms with Gasteiger partial charge in [0.05, 0.1) is 30.7 Å². The number of H-pyrrole nitrogens is 2. The van der Waals surface area contributed by atoms with Crippen LogP contribution in [0.2, 0.25) is 0 Å². The van der Waals surface area contributed by atoms with Gasteiger partial charge in [0.1, 0.15) is 11.5 Å². The first-order valence-corrected chi connectivity index (χ1v) is 9.05. The van der Waals surface area contributed by atoms with Crippen molar-refractivity contribution >= 4 is 17.8 Å². The molecule has 0 aromatic carbocycles. The fraction of sp³-hybridized carbons (Fsp3) is 0.273. The van der Waals surface area contributed by atoms with E-state index in [0.717, 1.165) is 28.4 Å². The third-order valence-electron chi connectivity index (χ3n) is 4.51. The van der Waals surface area contributed by atoms with Gasteiger partial charge in [-0.1, -0.05) is 0 Å². The minimum absolute atomic E-state index is 0.309. The topological polar surface area (TPSA) is 79.5 Å². The molecule has 0 aliphatic carbocycles. The van der Waals surface area contributed by atoms with Crippen molar-refractivity contribution in [2.24, 2.45) is 4.99 Å². The molecule has 0 unspecified atom stereocenters. The molecular formula is C22H23N3O3. The summed E-state index contributed by atoms with van der Waals surface area (Å²) in [4.78, 5) is 23.5. The Morgan fingerprint density at radius 1 is 1.39 bits per heavy atom. The number of carbonyl (C=O) groups excluding carboxylic acids is 1. The van der Waals surface area contributed by atoms with Crippen LogP contribution in [0.4, 0.5) is 0 Å². The smallest absolute Gasteiger partial charge is 0.340 e. The average Bonchev–Trinajstić information content (AvgIpc) is 3.39. The molecule has 0 radical (unpaired) electrons. The lowest BCUT2D eigenvalue weighted by Gasteiger charge is -2.04. The quantitative estimate of drug-likeness (QED) is 0.436. The van der Waals surface area contributed by atoms with Crippen molar-refractivity contribution in [3.8, 4) is 12.3 Å². The van der Waals surface area contributed by atoms with E-state index in [1.54, 1.807) is 7.11 Å². The zero-order valence-corrected chi connectivity index (χ0v) is 16.3. The molecule has 1 aliphatic rings. The lowest BCUT2D eigenvalue weighted by atomic mass is 10.1. The molecule has 2 aromatic rings. The number of carbonyl (C=O) groups is 1. The number of hydrogen-bond acceptors (Lipinski definition) is 4. The number of aromatic amines is 2. The maximum atomic E-state index is 12.4. The molecule has 28 heavy (non-hydrogen) atoms. The van der Waals surface area contributed by atoms with Gasteiger partial charge in [-0.05, 0) is 44.0 Å². The number of unbranched alkanes of at least 4 members (excludes halogenated alkanes) is 1. The predicted octanol–water partition coefficient (Wildman–Crippen LogP) is 3.90. The van der Waals surface area contributed by atoms with E-state index in [0.29, 0.717) is 36.5 Å². The number of hydrogen-bond donors (Lipinski definition) is 2. The van der Waals surface area contributed by atoms with Crippen molar-refractivity contribution in [2.45, 2.75) is 26.7 Å². The van der Waals surface area contributed by atoms with Gasteiger partial charge < -0.3 is 19.4 Å². The Morgan fingerprint density at radius 3 is 2.89 bits per heavy atom. The van der Waals surface area contributed by atoms with Crippen molar-refractivity contribution in [3.63, 3.8) is 0 Å². The van der Waals surface area contributed by atoms with Crippen LogP contribution in [0.5, 0.6) is 0 Å². The molecule has 3 heterocycles. The van der Waals surface area contributed by atoms with Crippen molar-refractivity contribution in [3.05, 3.63) is 64.1 Å². The molecule has 2 N–H and O–H groups in total. The number of nitrogens with one attached hydrogen (secondary N) is 2. The number of ether oxygens (including phenoxy) is 2. The van der Waals surface area contributed by atoms with Crippen molar-refractivity contribution in [1.82, 2.24) is 9.97 Å². The van der Waals surface area contributed by atoms with Crippen LogP contribution in [-0.2, 0) is 9.47 Å². The Bertz CT molecular complexity index is 999. The molecule has 0 saturated heterocycles. The zero-order chi connectivity index (χ0) is 20.1. The standard InChI is InChI=1S/C22H23N3O3/c1-5-6-7-11-28-22(26)21-14(2)17(24-15(21)3)12-19-20(27-4)13-18(25-19)16-9-8-10-23-16/h1,8-10,12-13,23-24H,6-7,11H2,2-4H3/b19-12-. The number of terminal acetylenes is 1. The Kier molecular flexibility index (Phi) is 5.85. The summed E-state index contributed by atoms with van der Waals surface area (Å²) in [5.74, 6) is 2.85. The molecule has 6 heteroatoms. The van der Waals surface area contributed by atoms with Crippen LogP contribution in [-0.4, -0.2) is 35.4 Å². The van der Waals surface area contributed by atoms with E-state index in [9.17, 15) is 4.79 Å². The molecular weight excluding hydrogens is 354 g/mol. The Hall–Kier alpha value is -3.46. The Labute approximate surface area is 164 Å². The van der Waals surface area contributed by atoms with Crippen molar-refractivity contribution < 1.29 is 14.3 Å². The van der Waals surface area contributed by atoms with Gasteiger partial charge in [0, 0.05) is 30.1 Å². The van der Waals surface area contributed by atoms with Gasteiger partial charge >= 0.3 is 5.97 Å². The van der Waals surface area contributed by atoms with Gasteiger partial charge in [-0.3, -0.25) is 0 Å². The highest BCUT2D eigenvalue weighted by Gasteiger charge is 2.21. The van der Waals surface area contributed by atoms with E-state index in [1.165, 1.54) is 0 Å². The summed E-state index contributed by atoms with van der Waals surface area (Å²) in [6, 6.07) is 3.86. The monoisotopic (exact) mass is 377 g/mol. The van der Waals surface area contributed by atoms with E-state index in [4.69, 9.17) is 15.9 Å². The van der Waals surface area contributed by atoms with E-state index < -0.39 is 0 Å². The number of nitrogens with zero attached hydrogens (tertiary/aromatic N) is 1. The molecule has 1 aliphatic heterocycles. The summed E-state index contributed by atoms with van der Waals surface area (Å²) < 4.78 is 10.8. The maximum absolute atomic E-state index is 12.4.